The van der Waals surface area contributed by atoms with Crippen molar-refractivity contribution in [3.63, 3.8) is 0 Å². The number of nitrogens with zero attached hydrogens (tertiary/aromatic N) is 3. The molecule has 0 radical (unpaired) electrons. The van der Waals surface area contributed by atoms with Gasteiger partial charge in [0.1, 0.15) is 12.4 Å². The van der Waals surface area contributed by atoms with Gasteiger partial charge in [-0.15, -0.1) is 0 Å². The van der Waals surface area contributed by atoms with E-state index in [1.54, 1.807) is 24.0 Å². The molecular weight excluding hydrogens is 378 g/mol. The summed E-state index contributed by atoms with van der Waals surface area (Å²) < 4.78 is 34.2. The molecule has 0 N–H and O–H groups in total. The SMILES string of the molecule is CC(=O)N1CCOc2cc(S(=O)(=O)N3CCN(C)c4ccccc43)c(C)cc21. The number of hydrogen-bond donors (Lipinski definition) is 0. The van der Waals surface area contributed by atoms with Gasteiger partial charge in [-0.05, 0) is 30.7 Å². The first-order chi connectivity index (χ1) is 13.3. The summed E-state index contributed by atoms with van der Waals surface area (Å²) in [4.78, 5) is 15.8. The molecule has 7 nitrogen and oxygen atoms in total. The van der Waals surface area contributed by atoms with E-state index >= 15 is 0 Å². The fourth-order valence-electron chi connectivity index (χ4n) is 3.80. The van der Waals surface area contributed by atoms with E-state index in [0.29, 0.717) is 48.9 Å². The summed E-state index contributed by atoms with van der Waals surface area (Å²) in [6.45, 7) is 5.02. The Morgan fingerprint density at radius 2 is 1.75 bits per heavy atom. The van der Waals surface area contributed by atoms with Gasteiger partial charge in [-0.1, -0.05) is 12.1 Å². The van der Waals surface area contributed by atoms with E-state index in [1.807, 2.05) is 31.3 Å². The maximum atomic E-state index is 13.5. The highest BCUT2D eigenvalue weighted by molar-refractivity contribution is 7.93. The summed E-state index contributed by atoms with van der Waals surface area (Å²) >= 11 is 0. The van der Waals surface area contributed by atoms with Crippen LogP contribution in [0.15, 0.2) is 41.3 Å². The van der Waals surface area contributed by atoms with Crippen molar-refractivity contribution in [3.05, 3.63) is 42.0 Å². The predicted octanol–water partition coefficient (Wildman–Crippen LogP) is 2.39. The summed E-state index contributed by atoms with van der Waals surface area (Å²) in [5.74, 6) is 0.334. The minimum absolute atomic E-state index is 0.0902. The second-order valence-corrected chi connectivity index (χ2v) is 8.92. The largest absolute Gasteiger partial charge is 0.489 e. The van der Waals surface area contributed by atoms with Gasteiger partial charge in [0, 0.05) is 26.6 Å². The highest BCUT2D eigenvalue weighted by Gasteiger charge is 2.33. The number of anilines is 3. The lowest BCUT2D eigenvalue weighted by Gasteiger charge is -2.36. The standard InChI is InChI=1S/C20H23N3O4S/c1-14-12-18-19(27-11-10-22(18)15(2)24)13-20(14)28(25,26)23-9-8-21(3)16-6-4-5-7-17(16)23/h4-7,12-13H,8-11H2,1-3H3. The molecule has 0 spiro atoms. The Balaban J connectivity index is 1.81. The van der Waals surface area contributed by atoms with Gasteiger partial charge in [-0.25, -0.2) is 8.42 Å². The van der Waals surface area contributed by atoms with Crippen molar-refractivity contribution in [3.8, 4) is 5.75 Å². The summed E-state index contributed by atoms with van der Waals surface area (Å²) in [6.07, 6.45) is 0. The first-order valence-corrected chi connectivity index (χ1v) is 10.6. The van der Waals surface area contributed by atoms with Gasteiger partial charge in [0.25, 0.3) is 10.0 Å². The number of likely N-dealkylation sites (N-methyl/N-ethyl adjacent to an activating group) is 1. The monoisotopic (exact) mass is 401 g/mol. The Morgan fingerprint density at radius 1 is 1.04 bits per heavy atom. The van der Waals surface area contributed by atoms with Crippen molar-refractivity contribution in [2.75, 3.05) is 47.4 Å². The van der Waals surface area contributed by atoms with Gasteiger partial charge in [-0.2, -0.15) is 0 Å². The van der Waals surface area contributed by atoms with Gasteiger partial charge >= 0.3 is 0 Å². The van der Waals surface area contributed by atoms with Crippen molar-refractivity contribution < 1.29 is 17.9 Å². The molecule has 2 aromatic rings. The molecule has 0 atom stereocenters. The quantitative estimate of drug-likeness (QED) is 0.773. The third-order valence-electron chi connectivity index (χ3n) is 5.27. The molecule has 4 rings (SSSR count). The molecular formula is C20H23N3O4S. The maximum Gasteiger partial charge on any atom is 0.264 e. The molecule has 2 heterocycles. The van der Waals surface area contributed by atoms with Crippen LogP contribution in [0.1, 0.15) is 12.5 Å². The lowest BCUT2D eigenvalue weighted by atomic mass is 10.1. The van der Waals surface area contributed by atoms with Crippen LogP contribution in [-0.4, -0.2) is 47.6 Å². The third-order valence-corrected chi connectivity index (χ3v) is 7.22. The zero-order valence-electron chi connectivity index (χ0n) is 16.2. The van der Waals surface area contributed by atoms with E-state index in [0.717, 1.165) is 5.69 Å². The first-order valence-electron chi connectivity index (χ1n) is 9.19. The summed E-state index contributed by atoms with van der Waals surface area (Å²) in [5, 5.41) is 0. The fraction of sp³-hybridized carbons (Fsp3) is 0.350. The summed E-state index contributed by atoms with van der Waals surface area (Å²) in [5.41, 5.74) is 2.76. The highest BCUT2D eigenvalue weighted by Crippen LogP contribution is 2.40. The molecule has 0 saturated carbocycles. The van der Waals surface area contributed by atoms with E-state index in [2.05, 4.69) is 4.90 Å². The Bertz CT molecular complexity index is 1050. The van der Waals surface area contributed by atoms with E-state index < -0.39 is 10.0 Å². The third kappa shape index (κ3) is 2.88. The number of rotatable bonds is 2. The Labute approximate surface area is 165 Å². The van der Waals surface area contributed by atoms with E-state index in [-0.39, 0.29) is 10.8 Å². The molecule has 0 aromatic heterocycles. The van der Waals surface area contributed by atoms with Gasteiger partial charge in [0.05, 0.1) is 35.0 Å². The van der Waals surface area contributed by atoms with Crippen LogP contribution < -0.4 is 18.8 Å². The van der Waals surface area contributed by atoms with E-state index in [1.165, 1.54) is 11.2 Å². The number of para-hydroxylation sites is 2. The van der Waals surface area contributed by atoms with Crippen molar-refractivity contribution in [2.24, 2.45) is 0 Å². The summed E-state index contributed by atoms with van der Waals surface area (Å²) in [6, 6.07) is 10.8. The summed E-state index contributed by atoms with van der Waals surface area (Å²) in [7, 11) is -1.82. The maximum absolute atomic E-state index is 13.5. The van der Waals surface area contributed by atoms with Crippen molar-refractivity contribution >= 4 is 33.0 Å². The lowest BCUT2D eigenvalue weighted by Crippen LogP contribution is -2.43. The molecule has 0 fully saturated rings. The van der Waals surface area contributed by atoms with Crippen molar-refractivity contribution in [1.82, 2.24) is 0 Å². The number of ether oxygens (including phenoxy) is 1. The van der Waals surface area contributed by atoms with Crippen LogP contribution in [-0.2, 0) is 14.8 Å². The minimum atomic E-state index is -3.78. The van der Waals surface area contributed by atoms with Crippen LogP contribution >= 0.6 is 0 Å². The second-order valence-electron chi connectivity index (χ2n) is 7.09. The molecule has 0 saturated heterocycles. The molecule has 2 aromatic carbocycles. The average molecular weight is 401 g/mol. The highest BCUT2D eigenvalue weighted by atomic mass is 32.2. The topological polar surface area (TPSA) is 70.2 Å². The number of hydrogen-bond acceptors (Lipinski definition) is 5. The number of benzene rings is 2. The van der Waals surface area contributed by atoms with Gasteiger partial charge < -0.3 is 14.5 Å². The van der Waals surface area contributed by atoms with Crippen molar-refractivity contribution in [1.29, 1.82) is 0 Å². The number of carbonyl (C=O) groups excluding carboxylic acids is 1. The van der Waals surface area contributed by atoms with Gasteiger partial charge in [-0.3, -0.25) is 9.10 Å². The number of sulfonamides is 1. The lowest BCUT2D eigenvalue weighted by molar-refractivity contribution is -0.116. The zero-order chi connectivity index (χ0) is 20.1. The zero-order valence-corrected chi connectivity index (χ0v) is 17.0. The predicted molar refractivity (Wildman–Crippen MR) is 109 cm³/mol. The smallest absolute Gasteiger partial charge is 0.264 e. The van der Waals surface area contributed by atoms with E-state index in [4.69, 9.17) is 4.74 Å². The Morgan fingerprint density at radius 3 is 2.46 bits per heavy atom. The molecule has 1 amide bonds. The molecule has 2 aliphatic heterocycles. The minimum Gasteiger partial charge on any atom is -0.489 e. The molecule has 28 heavy (non-hydrogen) atoms. The van der Waals surface area contributed by atoms with E-state index in [9.17, 15) is 13.2 Å². The van der Waals surface area contributed by atoms with Gasteiger partial charge in [0.15, 0.2) is 0 Å². The number of amides is 1. The van der Waals surface area contributed by atoms with Crippen LogP contribution in [0.5, 0.6) is 5.75 Å². The van der Waals surface area contributed by atoms with Gasteiger partial charge in [0.2, 0.25) is 5.91 Å². The molecule has 2 aliphatic rings. The molecule has 0 unspecified atom stereocenters. The number of aryl methyl sites for hydroxylation is 1. The fourth-order valence-corrected chi connectivity index (χ4v) is 5.50. The van der Waals surface area contributed by atoms with Crippen LogP contribution in [0, 0.1) is 6.92 Å². The number of carbonyl (C=O) groups is 1. The normalized spacial score (nSPS) is 16.3. The molecule has 8 heteroatoms. The molecule has 0 bridgehead atoms. The molecule has 148 valence electrons. The average Bonchev–Trinajstić information content (AvgIpc) is 2.67. The Hall–Kier alpha value is -2.74. The first kappa shape index (κ1) is 18.6. The van der Waals surface area contributed by atoms with Crippen LogP contribution in [0.4, 0.5) is 17.1 Å². The van der Waals surface area contributed by atoms with Crippen LogP contribution in [0.3, 0.4) is 0 Å². The Kier molecular flexibility index (Phi) is 4.45. The second kappa shape index (κ2) is 6.70. The number of fused-ring (bicyclic) bond motifs is 2. The van der Waals surface area contributed by atoms with Crippen molar-refractivity contribution in [2.45, 2.75) is 18.7 Å². The van der Waals surface area contributed by atoms with Crippen LogP contribution in [0.25, 0.3) is 0 Å². The van der Waals surface area contributed by atoms with Crippen LogP contribution in [0.2, 0.25) is 0 Å². The molecule has 0 aliphatic carbocycles.